The van der Waals surface area contributed by atoms with Crippen LogP contribution in [0, 0.1) is 16.7 Å². The van der Waals surface area contributed by atoms with Gasteiger partial charge in [-0.15, -0.1) is 11.8 Å². The third-order valence-corrected chi connectivity index (χ3v) is 6.13. The molecule has 0 spiro atoms. The largest absolute Gasteiger partial charge is 0.383 e. The van der Waals surface area contributed by atoms with Crippen molar-refractivity contribution in [3.63, 3.8) is 0 Å². The van der Waals surface area contributed by atoms with Crippen LogP contribution in [0.4, 0.5) is 0 Å². The Kier molecular flexibility index (Phi) is 4.22. The highest BCUT2D eigenvalue weighted by atomic mass is 32.2. The molecule has 7 heteroatoms. The maximum atomic E-state index is 13.1. The zero-order chi connectivity index (χ0) is 16.7. The molecule has 4 aliphatic heterocycles. The van der Waals surface area contributed by atoms with Gasteiger partial charge < -0.3 is 4.90 Å². The minimum Gasteiger partial charge on any atom is -0.306 e. The summed E-state index contributed by atoms with van der Waals surface area (Å²) in [5, 5.41) is 1.98. The summed E-state index contributed by atoms with van der Waals surface area (Å²) in [5.74, 6) is 0.941. The molecule has 1 saturated heterocycles. The van der Waals surface area contributed by atoms with Gasteiger partial charge in [0.15, 0.2) is 6.04 Å². The highest BCUT2D eigenvalue weighted by Crippen LogP contribution is 2.35. The molecule has 3 unspecified atom stereocenters. The number of nitrogens with zero attached hydrogens (tertiary/aromatic N) is 4. The van der Waals surface area contributed by atoms with Gasteiger partial charge in [0.05, 0.1) is 5.92 Å². The number of hydrogen-bond acceptors (Lipinski definition) is 6. The lowest BCUT2D eigenvalue weighted by atomic mass is 9.83. The van der Waals surface area contributed by atoms with Crippen molar-refractivity contribution in [1.29, 1.82) is 0 Å². The van der Waals surface area contributed by atoms with Crippen LogP contribution in [-0.4, -0.2) is 59.8 Å². The minimum absolute atomic E-state index is 0.0295. The molecule has 4 rings (SSSR count). The predicted molar refractivity (Wildman–Crippen MR) is 95.3 cm³/mol. The first-order valence-corrected chi connectivity index (χ1v) is 9.51. The van der Waals surface area contributed by atoms with Crippen molar-refractivity contribution >= 4 is 30.0 Å². The van der Waals surface area contributed by atoms with Gasteiger partial charge in [-0.05, 0) is 41.6 Å². The molecule has 0 amide bonds. The summed E-state index contributed by atoms with van der Waals surface area (Å²) in [6, 6.07) is -0.238. The van der Waals surface area contributed by atoms with Crippen molar-refractivity contribution in [3.05, 3.63) is 27.4 Å². The predicted octanol–water partition coefficient (Wildman–Crippen LogP) is 2.02. The van der Waals surface area contributed by atoms with E-state index in [0.29, 0.717) is 23.7 Å². The number of Topliss-reactive ketones (excluding diaryl/α,β-unsaturated/α-hetero) is 1. The molecule has 24 heavy (non-hydrogen) atoms. The van der Waals surface area contributed by atoms with Crippen LogP contribution < -0.4 is 0 Å². The van der Waals surface area contributed by atoms with Crippen molar-refractivity contribution in [2.75, 3.05) is 25.9 Å². The van der Waals surface area contributed by atoms with Crippen molar-refractivity contribution in [1.82, 2.24) is 4.90 Å². The number of thioether (sulfide) groups is 1. The maximum absolute atomic E-state index is 13.1. The van der Waals surface area contributed by atoms with Crippen LogP contribution in [0.15, 0.2) is 32.5 Å². The van der Waals surface area contributed by atoms with E-state index in [1.165, 1.54) is 0 Å². The molecule has 3 atom stereocenters. The number of rotatable bonds is 2. The Hall–Kier alpha value is -1.60. The maximum Gasteiger partial charge on any atom is 0.383 e. The first-order valence-electron chi connectivity index (χ1n) is 8.46. The van der Waals surface area contributed by atoms with Gasteiger partial charge in [0, 0.05) is 36.4 Å². The van der Waals surface area contributed by atoms with E-state index in [2.05, 4.69) is 21.9 Å². The number of ketones is 1. The summed E-state index contributed by atoms with van der Waals surface area (Å²) >= 11 is 1.62. The molecule has 6 nitrogen and oxygen atoms in total. The molecule has 0 radical (unpaired) electrons. The van der Waals surface area contributed by atoms with Crippen LogP contribution in [0.5, 0.6) is 0 Å². The van der Waals surface area contributed by atoms with Crippen LogP contribution in [0.3, 0.4) is 0 Å². The molecule has 0 aromatic carbocycles. The fraction of sp³-hybridized carbons (Fsp3) is 0.588. The number of carbonyl (C=O) groups is 1. The van der Waals surface area contributed by atoms with Gasteiger partial charge in [-0.3, -0.25) is 9.79 Å². The van der Waals surface area contributed by atoms with E-state index >= 15 is 0 Å². The standard InChI is InChI=1S/C17H21N4O2S/c1-20-6-2-3-11(8-20)16(22)13-4-5-18-17-15(13)19-7-12-9-24-10-14(12)21(17)23/h5,7,9,11,13-14H,2-4,6,8,10H2,1H3/q+1. The summed E-state index contributed by atoms with van der Waals surface area (Å²) in [5.41, 5.74) is 1.48. The summed E-state index contributed by atoms with van der Waals surface area (Å²) < 4.78 is 0.955. The summed E-state index contributed by atoms with van der Waals surface area (Å²) in [7, 11) is 2.06. The molecule has 0 aromatic rings. The average Bonchev–Trinajstić information content (AvgIpc) is 3.02. The monoisotopic (exact) mass is 345 g/mol. The number of likely N-dealkylation sites (tertiary alicyclic amines) is 1. The van der Waals surface area contributed by atoms with Gasteiger partial charge in [-0.2, -0.15) is 0 Å². The van der Waals surface area contributed by atoms with Gasteiger partial charge in [0.2, 0.25) is 0 Å². The molecule has 0 N–H and O–H groups in total. The Morgan fingerprint density at radius 2 is 2.29 bits per heavy atom. The summed E-state index contributed by atoms with van der Waals surface area (Å²) in [6.07, 6.45) is 5.98. The number of hydrogen-bond donors (Lipinski definition) is 0. The van der Waals surface area contributed by atoms with E-state index in [4.69, 9.17) is 0 Å². The number of aliphatic imine (C=N–C) groups is 2. The van der Waals surface area contributed by atoms with Gasteiger partial charge in [0.1, 0.15) is 17.7 Å². The SMILES string of the molecule is CN1CCCC(C(=O)C2CC=NC3=C2N=CC2=CSCC2[N+]3=O)C1. The third kappa shape index (κ3) is 2.69. The van der Waals surface area contributed by atoms with Crippen LogP contribution >= 0.6 is 11.8 Å². The Morgan fingerprint density at radius 1 is 1.42 bits per heavy atom. The molecule has 1 fully saturated rings. The Labute approximate surface area is 145 Å². The molecule has 4 aliphatic rings. The molecule has 0 saturated carbocycles. The van der Waals surface area contributed by atoms with Crippen molar-refractivity contribution in [2.24, 2.45) is 21.8 Å². The van der Waals surface area contributed by atoms with E-state index in [1.54, 1.807) is 24.2 Å². The summed E-state index contributed by atoms with van der Waals surface area (Å²) in [6.45, 7) is 1.84. The molecule has 0 bridgehead atoms. The van der Waals surface area contributed by atoms with Crippen molar-refractivity contribution in [2.45, 2.75) is 25.3 Å². The highest BCUT2D eigenvalue weighted by Gasteiger charge is 2.43. The molecule has 0 aromatic heterocycles. The smallest absolute Gasteiger partial charge is 0.306 e. The van der Waals surface area contributed by atoms with Crippen LogP contribution in [0.1, 0.15) is 19.3 Å². The molecular formula is C17H21N4O2S+. The van der Waals surface area contributed by atoms with E-state index in [0.717, 1.165) is 36.3 Å². The topological polar surface area (TPSA) is 65.1 Å². The van der Waals surface area contributed by atoms with Gasteiger partial charge in [-0.25, -0.2) is 0 Å². The Morgan fingerprint density at radius 3 is 3.12 bits per heavy atom. The lowest BCUT2D eigenvalue weighted by molar-refractivity contribution is -0.524. The van der Waals surface area contributed by atoms with Gasteiger partial charge in [-0.1, -0.05) is 4.91 Å². The highest BCUT2D eigenvalue weighted by molar-refractivity contribution is 8.02. The molecular weight excluding hydrogens is 324 g/mol. The third-order valence-electron chi connectivity index (χ3n) is 5.19. The zero-order valence-electron chi connectivity index (χ0n) is 13.7. The lowest BCUT2D eigenvalue weighted by Gasteiger charge is -2.30. The number of piperidine rings is 1. The lowest BCUT2D eigenvalue weighted by Crippen LogP contribution is -2.39. The van der Waals surface area contributed by atoms with E-state index in [1.807, 2.05) is 5.41 Å². The van der Waals surface area contributed by atoms with Crippen molar-refractivity contribution < 1.29 is 9.55 Å². The van der Waals surface area contributed by atoms with E-state index < -0.39 is 0 Å². The second-order valence-corrected chi connectivity index (χ2v) is 7.77. The fourth-order valence-electron chi connectivity index (χ4n) is 3.85. The number of fused-ring (bicyclic) bond motifs is 1. The van der Waals surface area contributed by atoms with Crippen molar-refractivity contribution in [3.8, 4) is 0 Å². The second-order valence-electron chi connectivity index (χ2n) is 6.86. The first kappa shape index (κ1) is 15.9. The number of allylic oxidation sites excluding steroid dienone is 1. The first-order chi connectivity index (χ1) is 11.6. The number of carbonyl (C=O) groups excluding carboxylic acids is 1. The molecule has 126 valence electrons. The van der Waals surface area contributed by atoms with E-state index in [9.17, 15) is 9.70 Å². The second kappa shape index (κ2) is 6.37. The Bertz CT molecular complexity index is 709. The van der Waals surface area contributed by atoms with Crippen LogP contribution in [-0.2, 0) is 4.79 Å². The minimum atomic E-state index is -0.339. The molecule has 0 aliphatic carbocycles. The summed E-state index contributed by atoms with van der Waals surface area (Å²) in [4.78, 5) is 36.9. The molecule has 4 heterocycles. The van der Waals surface area contributed by atoms with Gasteiger partial charge >= 0.3 is 5.82 Å². The van der Waals surface area contributed by atoms with Gasteiger partial charge in [0.25, 0.3) is 0 Å². The average molecular weight is 345 g/mol. The quantitative estimate of drug-likeness (QED) is 0.718. The van der Waals surface area contributed by atoms with E-state index in [-0.39, 0.29) is 23.7 Å². The Balaban J connectivity index is 1.65. The van der Waals surface area contributed by atoms with Crippen LogP contribution in [0.2, 0.25) is 0 Å². The normalized spacial score (nSPS) is 33.1. The zero-order valence-corrected chi connectivity index (χ0v) is 14.5. The fourth-order valence-corrected chi connectivity index (χ4v) is 4.87. The number of nitroso groups, excluding NO2 is 1. The van der Waals surface area contributed by atoms with Crippen LogP contribution in [0.25, 0.3) is 0 Å².